The van der Waals surface area contributed by atoms with E-state index >= 15 is 0 Å². The Morgan fingerprint density at radius 3 is 1.70 bits per heavy atom. The number of aliphatic hydroxyl groups excluding tert-OH is 10. The van der Waals surface area contributed by atoms with Crippen LogP contribution in [0.5, 0.6) is 0 Å². The van der Waals surface area contributed by atoms with Crippen LogP contribution in [-0.4, -0.2) is 156 Å². The zero-order valence-corrected chi connectivity index (χ0v) is 17.6. The minimum Gasteiger partial charge on any atom is -0.394 e. The van der Waals surface area contributed by atoms with E-state index in [2.05, 4.69) is 0 Å². The van der Waals surface area contributed by atoms with Crippen LogP contribution in [0.25, 0.3) is 0 Å². The van der Waals surface area contributed by atoms with Gasteiger partial charge in [0.25, 0.3) is 0 Å². The van der Waals surface area contributed by atoms with Gasteiger partial charge in [-0.05, 0) is 6.92 Å². The Balaban J connectivity index is 1.75. The number of hydrogen-bond donors (Lipinski definition) is 10. The van der Waals surface area contributed by atoms with Gasteiger partial charge >= 0.3 is 0 Å². The Kier molecular flexibility index (Phi) is 8.99. The number of rotatable bonds is 6. The van der Waals surface area contributed by atoms with E-state index in [4.69, 9.17) is 28.8 Å². The van der Waals surface area contributed by atoms with E-state index in [0.717, 1.165) is 0 Å². The van der Waals surface area contributed by atoms with Crippen molar-refractivity contribution in [2.24, 2.45) is 0 Å². The molecule has 3 aliphatic heterocycles. The Morgan fingerprint density at radius 1 is 0.545 bits per heavy atom. The molecule has 0 radical (unpaired) electrons. The maximum atomic E-state index is 10.7. The highest BCUT2D eigenvalue weighted by Gasteiger charge is 2.53. The second kappa shape index (κ2) is 11.0. The molecule has 0 saturated carbocycles. The van der Waals surface area contributed by atoms with Gasteiger partial charge in [0.1, 0.15) is 67.1 Å². The molecule has 15 nitrogen and oxygen atoms in total. The molecule has 33 heavy (non-hydrogen) atoms. The minimum absolute atomic E-state index is 0.706. The lowest BCUT2D eigenvalue weighted by atomic mass is 9.96. The summed E-state index contributed by atoms with van der Waals surface area (Å²) < 4.78 is 26.4. The fraction of sp³-hybridized carbons (Fsp3) is 1.00. The van der Waals surface area contributed by atoms with E-state index in [0.29, 0.717) is 0 Å². The normalized spacial score (nSPS) is 53.7. The Morgan fingerprint density at radius 2 is 1.09 bits per heavy atom. The van der Waals surface area contributed by atoms with Gasteiger partial charge in [-0.2, -0.15) is 0 Å². The highest BCUT2D eigenvalue weighted by molar-refractivity contribution is 4.95. The van der Waals surface area contributed by atoms with Crippen LogP contribution in [0, 0.1) is 0 Å². The molecule has 3 heterocycles. The molecule has 1 unspecified atom stereocenters. The van der Waals surface area contributed by atoms with Gasteiger partial charge in [0.05, 0.1) is 19.3 Å². The molecule has 10 N–H and O–H groups in total. The topological polar surface area (TPSA) is 248 Å². The van der Waals surface area contributed by atoms with Gasteiger partial charge in [-0.3, -0.25) is 0 Å². The molecule has 0 aromatic rings. The van der Waals surface area contributed by atoms with E-state index in [9.17, 15) is 46.0 Å². The molecule has 194 valence electrons. The molecule has 3 aliphatic rings. The van der Waals surface area contributed by atoms with Gasteiger partial charge in [0.2, 0.25) is 0 Å². The highest BCUT2D eigenvalue weighted by atomic mass is 16.8. The quantitative estimate of drug-likeness (QED) is 0.167. The van der Waals surface area contributed by atoms with Gasteiger partial charge in [0.15, 0.2) is 18.9 Å². The molecule has 3 rings (SSSR count). The van der Waals surface area contributed by atoms with Gasteiger partial charge in [-0.1, -0.05) is 0 Å². The van der Waals surface area contributed by atoms with Crippen LogP contribution < -0.4 is 0 Å². The predicted octanol–water partition coefficient (Wildman–Crippen LogP) is -6.55. The number of aliphatic hydroxyl groups is 10. The first-order valence-corrected chi connectivity index (χ1v) is 10.4. The Labute approximate surface area is 187 Å². The van der Waals surface area contributed by atoms with Crippen LogP contribution in [0.3, 0.4) is 0 Å². The van der Waals surface area contributed by atoms with Crippen LogP contribution in [-0.2, 0) is 23.7 Å². The second-order valence-corrected chi connectivity index (χ2v) is 8.32. The predicted molar refractivity (Wildman–Crippen MR) is 99.8 cm³/mol. The number of ether oxygens (including phenoxy) is 5. The van der Waals surface area contributed by atoms with Crippen molar-refractivity contribution in [3.8, 4) is 0 Å². The van der Waals surface area contributed by atoms with E-state index in [1.807, 2.05) is 0 Å². The largest absolute Gasteiger partial charge is 0.394 e. The summed E-state index contributed by atoms with van der Waals surface area (Å²) in [5.74, 6) is 0. The molecule has 15 atom stereocenters. The second-order valence-electron chi connectivity index (χ2n) is 8.32. The van der Waals surface area contributed by atoms with E-state index in [-0.39, 0.29) is 0 Å². The molecule has 0 aromatic carbocycles. The third kappa shape index (κ3) is 5.32. The van der Waals surface area contributed by atoms with E-state index in [1.54, 1.807) is 0 Å². The first-order chi connectivity index (χ1) is 15.5. The lowest BCUT2D eigenvalue weighted by molar-refractivity contribution is -0.381. The lowest BCUT2D eigenvalue weighted by Crippen LogP contribution is -2.66. The van der Waals surface area contributed by atoms with Crippen LogP contribution >= 0.6 is 0 Å². The summed E-state index contributed by atoms with van der Waals surface area (Å²) in [5.41, 5.74) is 0. The average molecular weight is 488 g/mol. The average Bonchev–Trinajstić information content (AvgIpc) is 2.79. The Bertz CT molecular complexity index is 626. The molecule has 0 bridgehead atoms. The van der Waals surface area contributed by atoms with Gasteiger partial charge in [-0.15, -0.1) is 0 Å². The third-order valence-corrected chi connectivity index (χ3v) is 6.06. The number of hydrogen-bond acceptors (Lipinski definition) is 15. The van der Waals surface area contributed by atoms with Crippen molar-refractivity contribution in [1.29, 1.82) is 0 Å². The summed E-state index contributed by atoms with van der Waals surface area (Å²) in [4.78, 5) is 0. The van der Waals surface area contributed by atoms with Crippen molar-refractivity contribution < 1.29 is 74.7 Å². The molecule has 3 saturated heterocycles. The summed E-state index contributed by atoms with van der Waals surface area (Å²) in [5, 5.41) is 100. The van der Waals surface area contributed by atoms with Gasteiger partial charge in [-0.25, -0.2) is 0 Å². The maximum absolute atomic E-state index is 10.7. The first-order valence-electron chi connectivity index (χ1n) is 10.4. The summed E-state index contributed by atoms with van der Waals surface area (Å²) in [6.45, 7) is -0.0882. The van der Waals surface area contributed by atoms with Crippen molar-refractivity contribution in [2.45, 2.75) is 99.0 Å². The third-order valence-electron chi connectivity index (χ3n) is 6.06. The van der Waals surface area contributed by atoms with Crippen LogP contribution in [0.15, 0.2) is 0 Å². The molecular formula is C18H32O15. The Hall–Kier alpha value is -0.600. The smallest absolute Gasteiger partial charge is 0.187 e. The fourth-order valence-corrected chi connectivity index (χ4v) is 3.98. The van der Waals surface area contributed by atoms with Crippen LogP contribution in [0.2, 0.25) is 0 Å². The summed E-state index contributed by atoms with van der Waals surface area (Å²) >= 11 is 0. The molecule has 3 fully saturated rings. The summed E-state index contributed by atoms with van der Waals surface area (Å²) in [6, 6.07) is 0. The van der Waals surface area contributed by atoms with Gasteiger partial charge < -0.3 is 74.7 Å². The van der Waals surface area contributed by atoms with Gasteiger partial charge in [0, 0.05) is 0 Å². The van der Waals surface area contributed by atoms with Crippen molar-refractivity contribution in [2.75, 3.05) is 13.2 Å². The molecule has 0 spiro atoms. The van der Waals surface area contributed by atoms with Crippen LogP contribution in [0.4, 0.5) is 0 Å². The molecule has 0 aromatic heterocycles. The highest BCUT2D eigenvalue weighted by Crippen LogP contribution is 2.32. The van der Waals surface area contributed by atoms with E-state index < -0.39 is 105 Å². The minimum atomic E-state index is -1.86. The molecular weight excluding hydrogens is 456 g/mol. The molecule has 0 amide bonds. The van der Waals surface area contributed by atoms with E-state index in [1.165, 1.54) is 6.92 Å². The van der Waals surface area contributed by atoms with Crippen molar-refractivity contribution in [1.82, 2.24) is 0 Å². The maximum Gasteiger partial charge on any atom is 0.187 e. The SMILES string of the molecule is C[C@@H]1O[C@@H](O[C@@H]2[C@H](O)[C@@H](O[C@@H]3C(O)O[C@H](CO)[C@@H](O)[C@@H]3O)O[C@H](CO)[C@H]2O)[C@H](O)[C@H](O)[C@H]1O. The zero-order valence-electron chi connectivity index (χ0n) is 17.6. The molecule has 0 aliphatic carbocycles. The fourth-order valence-electron chi connectivity index (χ4n) is 3.98. The monoisotopic (exact) mass is 488 g/mol. The van der Waals surface area contributed by atoms with Crippen LogP contribution in [0.1, 0.15) is 6.92 Å². The van der Waals surface area contributed by atoms with Crippen molar-refractivity contribution in [3.63, 3.8) is 0 Å². The molecule has 15 heteroatoms. The van der Waals surface area contributed by atoms with Crippen molar-refractivity contribution >= 4 is 0 Å². The zero-order chi connectivity index (χ0) is 24.6. The van der Waals surface area contributed by atoms with Crippen molar-refractivity contribution in [3.05, 3.63) is 0 Å². The lowest BCUT2D eigenvalue weighted by Gasteiger charge is -2.47. The summed E-state index contributed by atoms with van der Waals surface area (Å²) in [7, 11) is 0. The summed E-state index contributed by atoms with van der Waals surface area (Å²) in [6.07, 6.45) is -24.0. The standard InChI is InChI=1S/C18H32O15/c1-4-7(21)10(24)12(26)17(29-4)32-14-9(23)6(3-20)31-18(13(14)27)33-15-11(25)8(22)5(2-19)30-16(15)28/h4-28H,2-3H2,1H3/t4-,5+,6+,7-,8+,9+,10+,11-,12+,13-,14-,15-,16?,17-,18+/m0/s1. The first kappa shape index (κ1) is 27.0.